The molecule has 2 heterocycles. The molecule has 0 bridgehead atoms. The molecule has 1 aromatic heterocycles. The van der Waals surface area contributed by atoms with Crippen LogP contribution in [0.4, 0.5) is 0 Å². The van der Waals surface area contributed by atoms with Gasteiger partial charge in [0, 0.05) is 19.1 Å². The van der Waals surface area contributed by atoms with E-state index in [9.17, 15) is 0 Å². The highest BCUT2D eigenvalue weighted by Crippen LogP contribution is 2.23. The Labute approximate surface area is 170 Å². The minimum Gasteiger partial charge on any atom is -0.444 e. The van der Waals surface area contributed by atoms with Crippen LogP contribution in [0.2, 0.25) is 0 Å². The molecule has 2 N–H and O–H groups in total. The molecule has 1 aliphatic carbocycles. The number of nitrogens with one attached hydrogen (secondary N) is 2. The number of oxazole rings is 1. The zero-order valence-corrected chi connectivity index (χ0v) is 18.3. The van der Waals surface area contributed by atoms with Crippen LogP contribution >= 0.6 is 0 Å². The molecular weight excluding hydrogens is 350 g/mol. The van der Waals surface area contributed by atoms with Crippen molar-refractivity contribution in [3.63, 3.8) is 0 Å². The third-order valence-corrected chi connectivity index (χ3v) is 6.27. The SMILES string of the molecule is CCNC(=NCC1CCN(Cc2nc(C)c(C)o2)CC1)NC1CCCC(C)C1. The molecule has 0 aromatic carbocycles. The standard InChI is InChI=1S/C22H39N5O/c1-5-23-22(26-20-8-6-7-16(2)13-20)24-14-19-9-11-27(12-10-19)15-21-25-17(3)18(4)28-21/h16,19-20H,5-15H2,1-4H3,(H2,23,24,26). The Bertz CT molecular complexity index is 613. The molecule has 3 rings (SSSR count). The predicted octanol–water partition coefficient (Wildman–Crippen LogP) is 3.64. The molecule has 2 aliphatic rings. The molecule has 28 heavy (non-hydrogen) atoms. The van der Waals surface area contributed by atoms with Gasteiger partial charge in [-0.3, -0.25) is 9.89 Å². The lowest BCUT2D eigenvalue weighted by atomic mass is 9.87. The molecule has 1 aromatic rings. The summed E-state index contributed by atoms with van der Waals surface area (Å²) in [4.78, 5) is 11.9. The molecule has 1 saturated carbocycles. The summed E-state index contributed by atoms with van der Waals surface area (Å²) in [6.45, 7) is 13.4. The van der Waals surface area contributed by atoms with Crippen molar-refractivity contribution < 1.29 is 4.42 Å². The van der Waals surface area contributed by atoms with Crippen LogP contribution in [-0.4, -0.2) is 48.1 Å². The number of piperidine rings is 1. The molecule has 158 valence electrons. The summed E-state index contributed by atoms with van der Waals surface area (Å²) < 4.78 is 5.74. The summed E-state index contributed by atoms with van der Waals surface area (Å²) in [7, 11) is 0. The summed E-state index contributed by atoms with van der Waals surface area (Å²) in [5.41, 5.74) is 1.01. The van der Waals surface area contributed by atoms with Crippen LogP contribution in [0.5, 0.6) is 0 Å². The maximum absolute atomic E-state index is 5.74. The smallest absolute Gasteiger partial charge is 0.208 e. The van der Waals surface area contributed by atoms with Gasteiger partial charge in [-0.1, -0.05) is 19.8 Å². The van der Waals surface area contributed by atoms with E-state index in [1.54, 1.807) is 0 Å². The summed E-state index contributed by atoms with van der Waals surface area (Å²) in [6, 6.07) is 0.580. The second kappa shape index (κ2) is 10.3. The monoisotopic (exact) mass is 389 g/mol. The Morgan fingerprint density at radius 3 is 2.64 bits per heavy atom. The molecule has 1 saturated heterocycles. The Morgan fingerprint density at radius 1 is 1.21 bits per heavy atom. The number of aromatic nitrogens is 1. The van der Waals surface area contributed by atoms with Crippen LogP contribution in [0.1, 0.15) is 69.7 Å². The van der Waals surface area contributed by atoms with E-state index in [4.69, 9.17) is 9.41 Å². The second-order valence-corrected chi connectivity index (χ2v) is 8.80. The number of aryl methyl sites for hydroxylation is 2. The Balaban J connectivity index is 1.44. The Morgan fingerprint density at radius 2 is 2.00 bits per heavy atom. The molecule has 6 heteroatoms. The normalized spacial score (nSPS) is 25.1. The van der Waals surface area contributed by atoms with Gasteiger partial charge in [-0.15, -0.1) is 0 Å². The minimum atomic E-state index is 0.580. The third kappa shape index (κ3) is 6.23. The van der Waals surface area contributed by atoms with Crippen molar-refractivity contribution in [3.8, 4) is 0 Å². The average Bonchev–Trinajstić information content (AvgIpc) is 2.98. The maximum atomic E-state index is 5.74. The molecule has 2 fully saturated rings. The van der Waals surface area contributed by atoms with Crippen LogP contribution < -0.4 is 10.6 Å². The Hall–Kier alpha value is -1.56. The number of nitrogens with zero attached hydrogens (tertiary/aromatic N) is 3. The molecule has 0 radical (unpaired) electrons. The molecule has 1 aliphatic heterocycles. The largest absolute Gasteiger partial charge is 0.444 e. The van der Waals surface area contributed by atoms with Gasteiger partial charge in [0.2, 0.25) is 5.89 Å². The van der Waals surface area contributed by atoms with Gasteiger partial charge >= 0.3 is 0 Å². The van der Waals surface area contributed by atoms with E-state index in [0.717, 1.165) is 61.9 Å². The van der Waals surface area contributed by atoms with Crippen molar-refractivity contribution in [2.24, 2.45) is 16.8 Å². The highest BCUT2D eigenvalue weighted by Gasteiger charge is 2.22. The zero-order valence-electron chi connectivity index (χ0n) is 18.3. The molecule has 2 atom stereocenters. The van der Waals surface area contributed by atoms with Gasteiger partial charge in [0.05, 0.1) is 12.2 Å². The fourth-order valence-electron chi connectivity index (χ4n) is 4.42. The summed E-state index contributed by atoms with van der Waals surface area (Å²) in [5, 5.41) is 7.12. The van der Waals surface area contributed by atoms with Crippen molar-refractivity contribution in [1.82, 2.24) is 20.5 Å². The van der Waals surface area contributed by atoms with Crippen molar-refractivity contribution in [2.45, 2.75) is 78.8 Å². The predicted molar refractivity (Wildman–Crippen MR) is 115 cm³/mol. The van der Waals surface area contributed by atoms with Crippen LogP contribution in [0.15, 0.2) is 9.41 Å². The lowest BCUT2D eigenvalue weighted by Crippen LogP contribution is -2.45. The fraction of sp³-hybridized carbons (Fsp3) is 0.818. The summed E-state index contributed by atoms with van der Waals surface area (Å²) >= 11 is 0. The lowest BCUT2D eigenvalue weighted by Gasteiger charge is -2.31. The average molecular weight is 390 g/mol. The first kappa shape index (κ1) is 21.2. The molecule has 0 spiro atoms. The van der Waals surface area contributed by atoms with Crippen LogP contribution in [0.25, 0.3) is 0 Å². The third-order valence-electron chi connectivity index (χ3n) is 6.27. The number of guanidine groups is 1. The summed E-state index contributed by atoms with van der Waals surface area (Å²) in [5.74, 6) is 4.30. The van der Waals surface area contributed by atoms with Crippen molar-refractivity contribution in [2.75, 3.05) is 26.2 Å². The zero-order chi connectivity index (χ0) is 19.9. The van der Waals surface area contributed by atoms with E-state index in [0.29, 0.717) is 12.0 Å². The topological polar surface area (TPSA) is 65.7 Å². The van der Waals surface area contributed by atoms with Crippen LogP contribution in [0.3, 0.4) is 0 Å². The fourth-order valence-corrected chi connectivity index (χ4v) is 4.42. The molecular formula is C22H39N5O. The molecule has 6 nitrogen and oxygen atoms in total. The number of likely N-dealkylation sites (tertiary alicyclic amines) is 1. The van der Waals surface area contributed by atoms with Crippen LogP contribution in [-0.2, 0) is 6.54 Å². The van der Waals surface area contributed by atoms with E-state index < -0.39 is 0 Å². The van der Waals surface area contributed by atoms with E-state index in [2.05, 4.69) is 34.4 Å². The van der Waals surface area contributed by atoms with Gasteiger partial charge in [0.1, 0.15) is 5.76 Å². The number of aliphatic imine (C=N–C) groups is 1. The lowest BCUT2D eigenvalue weighted by molar-refractivity contribution is 0.166. The number of hydrogen-bond donors (Lipinski definition) is 2. The quantitative estimate of drug-likeness (QED) is 0.574. The van der Waals surface area contributed by atoms with Gasteiger partial charge in [-0.25, -0.2) is 4.98 Å². The summed E-state index contributed by atoms with van der Waals surface area (Å²) in [6.07, 6.45) is 7.64. The molecule has 2 unspecified atom stereocenters. The van der Waals surface area contributed by atoms with Crippen molar-refractivity contribution in [3.05, 3.63) is 17.3 Å². The van der Waals surface area contributed by atoms with Gasteiger partial charge in [0.25, 0.3) is 0 Å². The first-order valence-corrected chi connectivity index (χ1v) is 11.2. The van der Waals surface area contributed by atoms with Crippen molar-refractivity contribution in [1.29, 1.82) is 0 Å². The molecule has 0 amide bonds. The second-order valence-electron chi connectivity index (χ2n) is 8.80. The first-order chi connectivity index (χ1) is 13.5. The first-order valence-electron chi connectivity index (χ1n) is 11.2. The van der Waals surface area contributed by atoms with Crippen LogP contribution in [0, 0.1) is 25.7 Å². The minimum absolute atomic E-state index is 0.580. The Kier molecular flexibility index (Phi) is 7.77. The van der Waals surface area contributed by atoms with Gasteiger partial charge < -0.3 is 15.1 Å². The maximum Gasteiger partial charge on any atom is 0.208 e. The van der Waals surface area contributed by atoms with Gasteiger partial charge in [0.15, 0.2) is 5.96 Å². The van der Waals surface area contributed by atoms with Gasteiger partial charge in [-0.2, -0.15) is 0 Å². The number of hydrogen-bond acceptors (Lipinski definition) is 4. The van der Waals surface area contributed by atoms with E-state index in [1.807, 2.05) is 13.8 Å². The van der Waals surface area contributed by atoms with E-state index in [1.165, 1.54) is 38.5 Å². The van der Waals surface area contributed by atoms with Crippen molar-refractivity contribution >= 4 is 5.96 Å². The highest BCUT2D eigenvalue weighted by molar-refractivity contribution is 5.80. The number of rotatable bonds is 6. The van der Waals surface area contributed by atoms with E-state index >= 15 is 0 Å². The van der Waals surface area contributed by atoms with Gasteiger partial charge in [-0.05, 0) is 71.4 Å². The van der Waals surface area contributed by atoms with E-state index in [-0.39, 0.29) is 0 Å². The highest BCUT2D eigenvalue weighted by atomic mass is 16.4.